The molecule has 0 aromatic carbocycles. The van der Waals surface area contributed by atoms with Crippen LogP contribution in [0.15, 0.2) is 11.3 Å². The summed E-state index contributed by atoms with van der Waals surface area (Å²) in [5, 5.41) is 0. The van der Waals surface area contributed by atoms with Gasteiger partial charge in [-0.1, -0.05) is 0 Å². The highest BCUT2D eigenvalue weighted by molar-refractivity contribution is 5.26. The fraction of sp³-hybridized carbons (Fsp3) is 0.778. The molecule has 0 fully saturated rings. The molecule has 0 bridgehead atoms. The fourth-order valence-electron chi connectivity index (χ4n) is 1.10. The third-order valence-electron chi connectivity index (χ3n) is 2.16. The molecule has 0 N–H and O–H groups in total. The van der Waals surface area contributed by atoms with Crippen LogP contribution >= 0.6 is 0 Å². The van der Waals surface area contributed by atoms with Gasteiger partial charge in [-0.05, 0) is 0 Å². The zero-order valence-corrected chi connectivity index (χ0v) is 10.9. The molecule has 0 saturated carbocycles. The van der Waals surface area contributed by atoms with Crippen LogP contribution in [0, 0.1) is 0 Å². The van der Waals surface area contributed by atoms with Gasteiger partial charge in [0.2, 0.25) is 0 Å². The van der Waals surface area contributed by atoms with Crippen LogP contribution in [-0.4, -0.2) is 43.4 Å². The molecule has 0 atom stereocenters. The smallest absolute Gasteiger partial charge is 0.461 e. The van der Waals surface area contributed by atoms with E-state index in [0.29, 0.717) is 0 Å². The molecule has 0 aliphatic rings. The van der Waals surface area contributed by atoms with Gasteiger partial charge in [0.15, 0.2) is 17.9 Å². The predicted octanol–water partition coefficient (Wildman–Crippen LogP) is 5.48. The Balaban J connectivity index is 6.49. The third-order valence-corrected chi connectivity index (χ3v) is 2.16. The number of hydrogen-bond donors (Lipinski definition) is 0. The monoisotopic (exact) mass is 412 g/mol. The lowest BCUT2D eigenvalue weighted by molar-refractivity contribution is -0.286. The van der Waals surface area contributed by atoms with Crippen LogP contribution in [0.25, 0.3) is 0 Å². The van der Waals surface area contributed by atoms with Gasteiger partial charge in [0.1, 0.15) is 0 Å². The average molecular weight is 412 g/mol. The Morgan fingerprint density at radius 3 is 1.28 bits per heavy atom. The Bertz CT molecular complexity index is 475. The van der Waals surface area contributed by atoms with E-state index in [9.17, 15) is 65.9 Å². The van der Waals surface area contributed by atoms with Crippen LogP contribution in [-0.2, 0) is 4.74 Å². The quantitative estimate of drug-likeness (QED) is 0.430. The van der Waals surface area contributed by atoms with Gasteiger partial charge in [-0.3, -0.25) is 0 Å². The normalized spacial score (nSPS) is 14.7. The molecule has 0 heterocycles. The van der Waals surface area contributed by atoms with Crippen LogP contribution in [0.3, 0.4) is 0 Å². The maximum Gasteiger partial charge on any atom is 0.461 e. The second kappa shape index (κ2) is 6.66. The van der Waals surface area contributed by atoms with E-state index in [4.69, 9.17) is 0 Å². The highest BCUT2D eigenvalue weighted by atomic mass is 19.4. The molecular weight excluding hydrogens is 409 g/mol. The van der Waals surface area contributed by atoms with E-state index in [1.54, 1.807) is 0 Å². The maximum absolute atomic E-state index is 12.9. The standard InChI is InChI=1S/C9H3F15O/c10-4(11)5(12,13)1-25-3(6(14,15)9(22,23)24)2(7(16,17)18)8(19,20)21/h4H,1H2. The molecule has 0 radical (unpaired) electrons. The number of rotatable bonds is 5. The van der Waals surface area contributed by atoms with Gasteiger partial charge >= 0.3 is 36.8 Å². The Morgan fingerprint density at radius 1 is 0.680 bits per heavy atom. The lowest BCUT2D eigenvalue weighted by Gasteiger charge is -2.28. The van der Waals surface area contributed by atoms with Gasteiger partial charge in [0, 0.05) is 0 Å². The average Bonchev–Trinajstić information content (AvgIpc) is 2.28. The molecular formula is C9H3F15O. The van der Waals surface area contributed by atoms with Crippen molar-refractivity contribution in [2.24, 2.45) is 0 Å². The summed E-state index contributed by atoms with van der Waals surface area (Å²) in [7, 11) is 0. The molecule has 16 heteroatoms. The molecule has 0 aliphatic carbocycles. The molecule has 0 spiro atoms. The molecule has 0 saturated heterocycles. The first-order chi connectivity index (χ1) is 10.7. The molecule has 0 aliphatic heterocycles. The van der Waals surface area contributed by atoms with Crippen molar-refractivity contribution in [3.8, 4) is 0 Å². The summed E-state index contributed by atoms with van der Waals surface area (Å²) < 4.78 is 187. The van der Waals surface area contributed by atoms with Crippen molar-refractivity contribution in [1.29, 1.82) is 0 Å². The first kappa shape index (κ1) is 23.5. The number of ether oxygens (including phenoxy) is 1. The molecule has 0 rings (SSSR count). The summed E-state index contributed by atoms with van der Waals surface area (Å²) >= 11 is 0. The minimum absolute atomic E-state index is 2.61. The van der Waals surface area contributed by atoms with E-state index in [2.05, 4.69) is 4.74 Å². The van der Waals surface area contributed by atoms with E-state index in [0.717, 1.165) is 0 Å². The minimum Gasteiger partial charge on any atom is -0.484 e. The van der Waals surface area contributed by atoms with Crippen LogP contribution in [0.2, 0.25) is 0 Å². The molecule has 150 valence electrons. The van der Waals surface area contributed by atoms with Gasteiger partial charge in [0.05, 0.1) is 0 Å². The second-order valence-corrected chi connectivity index (χ2v) is 4.12. The molecule has 0 unspecified atom stereocenters. The number of halogens is 15. The number of allylic oxidation sites excluding steroid dienone is 2. The van der Waals surface area contributed by atoms with Crippen LogP contribution in [0.1, 0.15) is 0 Å². The molecule has 0 aromatic rings. The summed E-state index contributed by atoms with van der Waals surface area (Å²) in [4.78, 5) is 0. The first-order valence-corrected chi connectivity index (χ1v) is 5.28. The summed E-state index contributed by atoms with van der Waals surface area (Å²) in [6, 6.07) is 0. The van der Waals surface area contributed by atoms with E-state index >= 15 is 0 Å². The summed E-state index contributed by atoms with van der Waals surface area (Å²) in [6.45, 7) is -3.30. The van der Waals surface area contributed by atoms with Crippen molar-refractivity contribution in [1.82, 2.24) is 0 Å². The van der Waals surface area contributed by atoms with E-state index in [1.165, 1.54) is 0 Å². The lowest BCUT2D eigenvalue weighted by atomic mass is 10.1. The van der Waals surface area contributed by atoms with E-state index < -0.39 is 54.7 Å². The highest BCUT2D eigenvalue weighted by Crippen LogP contribution is 2.50. The van der Waals surface area contributed by atoms with E-state index in [-0.39, 0.29) is 0 Å². The maximum atomic E-state index is 12.9. The summed E-state index contributed by atoms with van der Waals surface area (Å²) in [5.41, 5.74) is -4.60. The summed E-state index contributed by atoms with van der Waals surface area (Å²) in [6.07, 6.45) is -25.9. The van der Waals surface area contributed by atoms with E-state index in [1.807, 2.05) is 0 Å². The van der Waals surface area contributed by atoms with Gasteiger partial charge in [-0.25, -0.2) is 8.78 Å². The molecule has 25 heavy (non-hydrogen) atoms. The Kier molecular flexibility index (Phi) is 6.26. The first-order valence-electron chi connectivity index (χ1n) is 5.28. The van der Waals surface area contributed by atoms with Crippen molar-refractivity contribution in [2.45, 2.75) is 36.8 Å². The van der Waals surface area contributed by atoms with Crippen molar-refractivity contribution in [2.75, 3.05) is 6.61 Å². The van der Waals surface area contributed by atoms with Crippen molar-refractivity contribution in [3.63, 3.8) is 0 Å². The molecule has 0 aromatic heterocycles. The zero-order chi connectivity index (χ0) is 20.6. The third kappa shape index (κ3) is 5.49. The Morgan fingerprint density at radius 2 is 1.04 bits per heavy atom. The number of hydrogen-bond acceptors (Lipinski definition) is 1. The van der Waals surface area contributed by atoms with Crippen molar-refractivity contribution in [3.05, 3.63) is 11.3 Å². The van der Waals surface area contributed by atoms with Gasteiger partial charge < -0.3 is 4.74 Å². The number of alkyl halides is 15. The van der Waals surface area contributed by atoms with Crippen LogP contribution in [0.4, 0.5) is 65.9 Å². The SMILES string of the molecule is FC(F)C(F)(F)COC(=C(C(F)(F)F)C(F)(F)F)C(F)(F)C(F)(F)F. The predicted molar refractivity (Wildman–Crippen MR) is 47.0 cm³/mol. The molecule has 0 amide bonds. The Labute approximate surface area is 127 Å². The lowest BCUT2D eigenvalue weighted by Crippen LogP contribution is -2.45. The highest BCUT2D eigenvalue weighted by Gasteiger charge is 2.68. The largest absolute Gasteiger partial charge is 0.484 e. The van der Waals surface area contributed by atoms with Crippen LogP contribution < -0.4 is 0 Å². The van der Waals surface area contributed by atoms with Gasteiger partial charge in [0.25, 0.3) is 0 Å². The minimum atomic E-state index is -7.15. The summed E-state index contributed by atoms with van der Waals surface area (Å²) in [5.74, 6) is -17.0. The van der Waals surface area contributed by atoms with Crippen molar-refractivity contribution < 1.29 is 70.6 Å². The Hall–Kier alpha value is -1.51. The second-order valence-electron chi connectivity index (χ2n) is 4.12. The van der Waals surface area contributed by atoms with Gasteiger partial charge in [-0.15, -0.1) is 0 Å². The molecule has 1 nitrogen and oxygen atoms in total. The fourth-order valence-corrected chi connectivity index (χ4v) is 1.10. The zero-order valence-electron chi connectivity index (χ0n) is 10.9. The topological polar surface area (TPSA) is 9.23 Å². The van der Waals surface area contributed by atoms with Gasteiger partial charge in [-0.2, -0.15) is 57.1 Å². The van der Waals surface area contributed by atoms with Crippen LogP contribution in [0.5, 0.6) is 0 Å². The van der Waals surface area contributed by atoms with Crippen molar-refractivity contribution >= 4 is 0 Å².